The highest BCUT2D eigenvalue weighted by Crippen LogP contribution is 2.30. The number of aromatic nitrogens is 2. The lowest BCUT2D eigenvalue weighted by Gasteiger charge is -2.24. The highest BCUT2D eigenvalue weighted by atomic mass is 19.1. The molecule has 1 aromatic heterocycles. The molecule has 1 saturated heterocycles. The first kappa shape index (κ1) is 16.9. The van der Waals surface area contributed by atoms with Crippen LogP contribution in [0, 0.1) is 0 Å². The van der Waals surface area contributed by atoms with Crippen LogP contribution in [0.4, 0.5) is 4.39 Å². The zero-order valence-electron chi connectivity index (χ0n) is 13.0. The standard InChI is InChI=1S/C14H23FN4O3/c1-3-22-14(20)12(15)19-11(9-18(2)16)8-17-13(19)10-4-6-21-7-5-10/h8,10,12H,3-7,9,16H2,1-2H3. The molecule has 1 atom stereocenters. The molecule has 0 bridgehead atoms. The number of hydrazine groups is 1. The molecule has 0 aromatic carbocycles. The first-order chi connectivity index (χ1) is 10.5. The first-order valence-corrected chi connectivity index (χ1v) is 7.44. The van der Waals surface area contributed by atoms with Crippen molar-refractivity contribution in [2.45, 2.75) is 38.5 Å². The maximum absolute atomic E-state index is 14.6. The van der Waals surface area contributed by atoms with Gasteiger partial charge in [0.2, 0.25) is 0 Å². The van der Waals surface area contributed by atoms with Gasteiger partial charge in [-0.1, -0.05) is 0 Å². The van der Waals surface area contributed by atoms with Crippen LogP contribution in [0.5, 0.6) is 0 Å². The predicted octanol–water partition coefficient (Wildman–Crippen LogP) is 1.11. The molecule has 22 heavy (non-hydrogen) atoms. The van der Waals surface area contributed by atoms with Gasteiger partial charge in [-0.2, -0.15) is 0 Å². The lowest BCUT2D eigenvalue weighted by Crippen LogP contribution is -2.29. The number of ether oxygens (including phenoxy) is 2. The highest BCUT2D eigenvalue weighted by molar-refractivity contribution is 5.72. The number of halogens is 1. The van der Waals surface area contributed by atoms with E-state index in [1.54, 1.807) is 20.2 Å². The lowest BCUT2D eigenvalue weighted by molar-refractivity contribution is -0.153. The quantitative estimate of drug-likeness (QED) is 0.481. The van der Waals surface area contributed by atoms with Gasteiger partial charge in [-0.15, -0.1) is 0 Å². The fraction of sp³-hybridized carbons (Fsp3) is 0.714. The minimum Gasteiger partial charge on any atom is -0.462 e. The van der Waals surface area contributed by atoms with Crippen molar-refractivity contribution in [1.29, 1.82) is 0 Å². The number of imidazole rings is 1. The van der Waals surface area contributed by atoms with E-state index in [0.717, 1.165) is 12.8 Å². The molecule has 7 nitrogen and oxygen atoms in total. The molecule has 1 aliphatic rings. The maximum atomic E-state index is 14.6. The Morgan fingerprint density at radius 2 is 2.32 bits per heavy atom. The molecule has 0 spiro atoms. The average molecular weight is 314 g/mol. The number of carbonyl (C=O) groups is 1. The van der Waals surface area contributed by atoms with Crippen LogP contribution in [0.25, 0.3) is 0 Å². The molecule has 124 valence electrons. The van der Waals surface area contributed by atoms with Crippen LogP contribution in [-0.2, 0) is 20.8 Å². The summed E-state index contributed by atoms with van der Waals surface area (Å²) < 4.78 is 26.1. The number of hydrogen-bond acceptors (Lipinski definition) is 6. The highest BCUT2D eigenvalue weighted by Gasteiger charge is 2.30. The molecule has 0 radical (unpaired) electrons. The number of carbonyl (C=O) groups excluding carboxylic acids is 1. The second-order valence-corrected chi connectivity index (χ2v) is 5.37. The van der Waals surface area contributed by atoms with E-state index in [9.17, 15) is 9.18 Å². The Bertz CT molecular complexity index is 500. The molecule has 2 heterocycles. The van der Waals surface area contributed by atoms with E-state index in [4.69, 9.17) is 15.3 Å². The number of rotatable bonds is 6. The minimum atomic E-state index is -1.91. The third-order valence-corrected chi connectivity index (χ3v) is 3.61. The van der Waals surface area contributed by atoms with E-state index in [1.165, 1.54) is 9.58 Å². The second-order valence-electron chi connectivity index (χ2n) is 5.37. The molecule has 0 amide bonds. The molecule has 8 heteroatoms. The van der Waals surface area contributed by atoms with Crippen molar-refractivity contribution in [2.24, 2.45) is 5.84 Å². The van der Waals surface area contributed by atoms with Crippen molar-refractivity contribution in [2.75, 3.05) is 26.9 Å². The Hall–Kier alpha value is -1.51. The molecule has 0 aliphatic carbocycles. The summed E-state index contributed by atoms with van der Waals surface area (Å²) in [5.41, 5.74) is 0.548. The normalized spacial score (nSPS) is 17.7. The number of hydrogen-bond donors (Lipinski definition) is 1. The minimum absolute atomic E-state index is 0.0678. The van der Waals surface area contributed by atoms with Crippen LogP contribution in [0.2, 0.25) is 0 Å². The van der Waals surface area contributed by atoms with Crippen LogP contribution in [0.1, 0.15) is 43.5 Å². The van der Waals surface area contributed by atoms with Crippen molar-refractivity contribution in [1.82, 2.24) is 14.6 Å². The van der Waals surface area contributed by atoms with Gasteiger partial charge >= 0.3 is 5.97 Å². The maximum Gasteiger partial charge on any atom is 0.362 e. The topological polar surface area (TPSA) is 82.6 Å². The number of nitrogens with two attached hydrogens (primary N) is 1. The summed E-state index contributed by atoms with van der Waals surface area (Å²) in [5.74, 6) is 5.37. The van der Waals surface area contributed by atoms with Crippen LogP contribution in [0.3, 0.4) is 0 Å². The molecule has 2 rings (SSSR count). The molecule has 1 aliphatic heterocycles. The third-order valence-electron chi connectivity index (χ3n) is 3.61. The van der Waals surface area contributed by atoms with Crippen LogP contribution in [-0.4, -0.2) is 47.4 Å². The Labute approximate surface area is 129 Å². The SMILES string of the molecule is CCOC(=O)C(F)n1c(CN(C)N)cnc1C1CCOCC1. The molecular weight excluding hydrogens is 291 g/mol. The largest absolute Gasteiger partial charge is 0.462 e. The smallest absolute Gasteiger partial charge is 0.362 e. The summed E-state index contributed by atoms with van der Waals surface area (Å²) in [6.07, 6.45) is 1.17. The third kappa shape index (κ3) is 3.82. The van der Waals surface area contributed by atoms with E-state index in [2.05, 4.69) is 4.98 Å². The van der Waals surface area contributed by atoms with Crippen molar-refractivity contribution >= 4 is 5.97 Å². The summed E-state index contributed by atoms with van der Waals surface area (Å²) in [5, 5.41) is 1.42. The zero-order valence-corrected chi connectivity index (χ0v) is 13.0. The Morgan fingerprint density at radius 1 is 1.64 bits per heavy atom. The van der Waals surface area contributed by atoms with Gasteiger partial charge in [0.05, 0.1) is 18.8 Å². The van der Waals surface area contributed by atoms with E-state index >= 15 is 0 Å². The molecule has 1 unspecified atom stereocenters. The summed E-state index contributed by atoms with van der Waals surface area (Å²) >= 11 is 0. The average Bonchev–Trinajstić information content (AvgIpc) is 2.90. The van der Waals surface area contributed by atoms with Gasteiger partial charge in [-0.3, -0.25) is 10.4 Å². The Kier molecular flexibility index (Phi) is 5.87. The molecule has 2 N–H and O–H groups in total. The van der Waals surface area contributed by atoms with Crippen molar-refractivity contribution in [3.05, 3.63) is 17.7 Å². The van der Waals surface area contributed by atoms with Crippen molar-refractivity contribution < 1.29 is 18.7 Å². The van der Waals surface area contributed by atoms with Gasteiger partial charge in [0.15, 0.2) is 0 Å². The van der Waals surface area contributed by atoms with Gasteiger partial charge in [0.1, 0.15) is 5.82 Å². The lowest BCUT2D eigenvalue weighted by atomic mass is 9.99. The van der Waals surface area contributed by atoms with Gasteiger partial charge in [-0.25, -0.2) is 19.2 Å². The Morgan fingerprint density at radius 3 is 2.91 bits per heavy atom. The fourth-order valence-corrected chi connectivity index (χ4v) is 2.62. The van der Waals surface area contributed by atoms with Gasteiger partial charge < -0.3 is 9.47 Å². The molecule has 1 aromatic rings. The van der Waals surface area contributed by atoms with Crippen LogP contribution in [0.15, 0.2) is 6.20 Å². The van der Waals surface area contributed by atoms with Crippen LogP contribution >= 0.6 is 0 Å². The van der Waals surface area contributed by atoms with Gasteiger partial charge in [0, 0.05) is 32.4 Å². The fourth-order valence-electron chi connectivity index (χ4n) is 2.62. The summed E-state index contributed by atoms with van der Waals surface area (Å²) in [4.78, 5) is 16.1. The predicted molar refractivity (Wildman–Crippen MR) is 77.5 cm³/mol. The number of alkyl halides is 1. The van der Waals surface area contributed by atoms with Crippen molar-refractivity contribution in [3.8, 4) is 0 Å². The molecule has 0 saturated carbocycles. The molecule has 1 fully saturated rings. The van der Waals surface area contributed by atoms with E-state index in [0.29, 0.717) is 24.7 Å². The summed E-state index contributed by atoms with van der Waals surface area (Å²) in [6, 6.07) is 0. The summed E-state index contributed by atoms with van der Waals surface area (Å²) in [6.45, 7) is 3.29. The first-order valence-electron chi connectivity index (χ1n) is 7.44. The monoisotopic (exact) mass is 314 g/mol. The van der Waals surface area contributed by atoms with Crippen LogP contribution < -0.4 is 5.84 Å². The van der Waals surface area contributed by atoms with Crippen molar-refractivity contribution in [3.63, 3.8) is 0 Å². The van der Waals surface area contributed by atoms with E-state index < -0.39 is 12.3 Å². The number of esters is 1. The Balaban J connectivity index is 2.32. The zero-order chi connectivity index (χ0) is 16.1. The molecular formula is C14H23FN4O3. The second kappa shape index (κ2) is 7.66. The number of nitrogens with zero attached hydrogens (tertiary/aromatic N) is 3. The van der Waals surface area contributed by atoms with Gasteiger partial charge in [-0.05, 0) is 19.8 Å². The summed E-state index contributed by atoms with van der Waals surface area (Å²) in [7, 11) is 1.67. The van der Waals surface area contributed by atoms with E-state index in [1.807, 2.05) is 0 Å². The van der Waals surface area contributed by atoms with E-state index in [-0.39, 0.29) is 19.1 Å². The van der Waals surface area contributed by atoms with Gasteiger partial charge in [0.25, 0.3) is 6.30 Å².